The number of carbonyl (C=O) groups excluding carboxylic acids is 1. The van der Waals surface area contributed by atoms with Crippen LogP contribution in [0.15, 0.2) is 24.3 Å². The van der Waals surface area contributed by atoms with Gasteiger partial charge in [0.25, 0.3) is 0 Å². The number of halogens is 3. The predicted octanol–water partition coefficient (Wildman–Crippen LogP) is 3.43. The van der Waals surface area contributed by atoms with Gasteiger partial charge in [-0.3, -0.25) is 4.79 Å². The Kier molecular flexibility index (Phi) is 4.32. The summed E-state index contributed by atoms with van der Waals surface area (Å²) in [5, 5.41) is 2.62. The summed E-state index contributed by atoms with van der Waals surface area (Å²) >= 11 is 1.42. The highest BCUT2D eigenvalue weighted by molar-refractivity contribution is 7.99. The Morgan fingerprint density at radius 3 is 2.65 bits per heavy atom. The quantitative estimate of drug-likeness (QED) is 0.923. The second kappa shape index (κ2) is 5.68. The minimum atomic E-state index is -4.35. The highest BCUT2D eigenvalue weighted by Gasteiger charge is 2.45. The largest absolute Gasteiger partial charge is 0.416 e. The van der Waals surface area contributed by atoms with Crippen molar-refractivity contribution < 1.29 is 18.0 Å². The van der Waals surface area contributed by atoms with Crippen LogP contribution in [0.5, 0.6) is 0 Å². The molecular weight excluding hydrogens is 287 g/mol. The minimum absolute atomic E-state index is 0.116. The average molecular weight is 303 g/mol. The first-order valence-electron chi connectivity index (χ1n) is 6.34. The fourth-order valence-corrected chi connectivity index (χ4v) is 2.47. The van der Waals surface area contributed by atoms with E-state index < -0.39 is 11.7 Å². The van der Waals surface area contributed by atoms with Crippen LogP contribution < -0.4 is 5.32 Å². The molecule has 0 bridgehead atoms. The van der Waals surface area contributed by atoms with Crippen molar-refractivity contribution in [2.75, 3.05) is 6.26 Å². The molecule has 1 aliphatic carbocycles. The van der Waals surface area contributed by atoms with Crippen LogP contribution in [0, 0.1) is 0 Å². The third-order valence-corrected chi connectivity index (χ3v) is 4.43. The van der Waals surface area contributed by atoms with E-state index >= 15 is 0 Å². The normalized spacial score (nSPS) is 23.2. The smallest absolute Gasteiger partial charge is 0.352 e. The van der Waals surface area contributed by atoms with Gasteiger partial charge in [-0.05, 0) is 31.2 Å². The second-order valence-corrected chi connectivity index (χ2v) is 6.10. The Morgan fingerprint density at radius 2 is 2.05 bits per heavy atom. The van der Waals surface area contributed by atoms with Crippen molar-refractivity contribution in [3.05, 3.63) is 35.4 Å². The molecule has 20 heavy (non-hydrogen) atoms. The molecular formula is C14H16F3NOS. The lowest BCUT2D eigenvalue weighted by molar-refractivity contribution is -0.138. The van der Waals surface area contributed by atoms with Crippen LogP contribution in [0.3, 0.4) is 0 Å². The summed E-state index contributed by atoms with van der Waals surface area (Å²) in [5.74, 6) is -0.347. The molecule has 0 radical (unpaired) electrons. The first-order chi connectivity index (χ1) is 9.34. The number of thioether (sulfide) groups is 1. The number of alkyl halides is 3. The molecule has 0 unspecified atom stereocenters. The van der Waals surface area contributed by atoms with Gasteiger partial charge in [0.05, 0.1) is 10.8 Å². The van der Waals surface area contributed by atoms with Gasteiger partial charge in [0, 0.05) is 12.0 Å². The molecule has 0 heterocycles. The summed E-state index contributed by atoms with van der Waals surface area (Å²) in [7, 11) is 0. The number of hydrogen-bond acceptors (Lipinski definition) is 2. The molecule has 0 aromatic heterocycles. The van der Waals surface area contributed by atoms with Crippen LogP contribution in [0.4, 0.5) is 13.2 Å². The van der Waals surface area contributed by atoms with E-state index in [0.717, 1.165) is 6.07 Å². The molecule has 1 fully saturated rings. The van der Waals surface area contributed by atoms with Crippen LogP contribution in [0.1, 0.15) is 30.4 Å². The van der Waals surface area contributed by atoms with Crippen molar-refractivity contribution in [2.24, 2.45) is 0 Å². The summed E-state index contributed by atoms with van der Waals surface area (Å²) in [6.07, 6.45) is -1.95. The lowest BCUT2D eigenvalue weighted by Gasteiger charge is -2.13. The molecule has 3 atom stereocenters. The molecule has 1 amide bonds. The van der Waals surface area contributed by atoms with Gasteiger partial charge >= 0.3 is 6.18 Å². The van der Waals surface area contributed by atoms with Crippen LogP contribution in [-0.4, -0.2) is 23.5 Å². The van der Waals surface area contributed by atoms with E-state index in [-0.39, 0.29) is 28.7 Å². The molecule has 1 N–H and O–H groups in total. The van der Waals surface area contributed by atoms with E-state index in [1.807, 2.05) is 6.26 Å². The third-order valence-electron chi connectivity index (χ3n) is 3.51. The highest BCUT2D eigenvalue weighted by Crippen LogP contribution is 2.46. The van der Waals surface area contributed by atoms with Crippen molar-refractivity contribution in [1.29, 1.82) is 0 Å². The minimum Gasteiger partial charge on any atom is -0.352 e. The molecule has 0 saturated heterocycles. The van der Waals surface area contributed by atoms with E-state index in [1.165, 1.54) is 23.9 Å². The molecule has 0 spiro atoms. The van der Waals surface area contributed by atoms with E-state index in [4.69, 9.17) is 0 Å². The molecule has 1 aromatic carbocycles. The van der Waals surface area contributed by atoms with Gasteiger partial charge in [0.2, 0.25) is 5.91 Å². The summed E-state index contributed by atoms with van der Waals surface area (Å²) in [4.78, 5) is 11.7. The monoisotopic (exact) mass is 303 g/mol. The first-order valence-corrected chi connectivity index (χ1v) is 7.62. The van der Waals surface area contributed by atoms with Gasteiger partial charge in [-0.15, -0.1) is 0 Å². The van der Waals surface area contributed by atoms with Gasteiger partial charge in [0.1, 0.15) is 0 Å². The molecule has 1 aliphatic rings. The number of benzene rings is 1. The molecule has 1 aromatic rings. The van der Waals surface area contributed by atoms with Crippen molar-refractivity contribution in [3.63, 3.8) is 0 Å². The van der Waals surface area contributed by atoms with Crippen molar-refractivity contribution in [1.82, 2.24) is 5.32 Å². The molecule has 110 valence electrons. The molecule has 6 heteroatoms. The average Bonchev–Trinajstić information content (AvgIpc) is 3.15. The fourth-order valence-electron chi connectivity index (χ4n) is 2.18. The summed E-state index contributed by atoms with van der Waals surface area (Å²) in [6.45, 7) is 1.78. The highest BCUT2D eigenvalue weighted by atomic mass is 32.2. The number of rotatable bonds is 4. The predicted molar refractivity (Wildman–Crippen MR) is 73.7 cm³/mol. The van der Waals surface area contributed by atoms with Crippen molar-refractivity contribution >= 4 is 17.7 Å². The molecule has 2 nitrogen and oxygen atoms in total. The maximum absolute atomic E-state index is 12.9. The standard InChI is InChI=1S/C14H16F3NOS/c1-8(20-2)13(19)18-12-7-10(12)9-5-3-4-6-11(9)14(15,16)17/h3-6,8,10,12H,7H2,1-2H3,(H,18,19)/t8-,10+,12-/m1/s1. The first kappa shape index (κ1) is 15.2. The van der Waals surface area contributed by atoms with E-state index in [2.05, 4.69) is 5.32 Å². The van der Waals surface area contributed by atoms with Crippen LogP contribution in [0.25, 0.3) is 0 Å². The van der Waals surface area contributed by atoms with E-state index in [1.54, 1.807) is 13.0 Å². The summed E-state index contributed by atoms with van der Waals surface area (Å²) in [6, 6.07) is 5.40. The zero-order chi connectivity index (χ0) is 14.9. The molecule has 2 rings (SSSR count). The molecule has 0 aliphatic heterocycles. The second-order valence-electron chi connectivity index (χ2n) is 4.92. The van der Waals surface area contributed by atoms with E-state index in [0.29, 0.717) is 6.42 Å². The fraction of sp³-hybridized carbons (Fsp3) is 0.500. The third kappa shape index (κ3) is 3.29. The zero-order valence-electron chi connectivity index (χ0n) is 11.2. The van der Waals surface area contributed by atoms with Crippen LogP contribution in [-0.2, 0) is 11.0 Å². The van der Waals surface area contributed by atoms with Gasteiger partial charge in [0.15, 0.2) is 0 Å². The van der Waals surface area contributed by atoms with Crippen LogP contribution in [0.2, 0.25) is 0 Å². The number of carbonyl (C=O) groups is 1. The number of nitrogens with one attached hydrogen (secondary N) is 1. The summed E-state index contributed by atoms with van der Waals surface area (Å²) in [5.41, 5.74) is -0.318. The Bertz CT molecular complexity index is 503. The Balaban J connectivity index is 2.08. The lowest BCUT2D eigenvalue weighted by atomic mass is 10.0. The van der Waals surface area contributed by atoms with Gasteiger partial charge in [-0.2, -0.15) is 24.9 Å². The van der Waals surface area contributed by atoms with Gasteiger partial charge in [-0.1, -0.05) is 18.2 Å². The summed E-state index contributed by atoms with van der Waals surface area (Å²) < 4.78 is 38.8. The number of hydrogen-bond donors (Lipinski definition) is 1. The maximum atomic E-state index is 12.9. The Morgan fingerprint density at radius 1 is 1.40 bits per heavy atom. The van der Waals surface area contributed by atoms with Gasteiger partial charge < -0.3 is 5.32 Å². The maximum Gasteiger partial charge on any atom is 0.416 e. The van der Waals surface area contributed by atoms with Crippen molar-refractivity contribution in [2.45, 2.75) is 36.7 Å². The Hall–Kier alpha value is -1.17. The SMILES string of the molecule is CS[C@H](C)C(=O)N[C@@H]1C[C@H]1c1ccccc1C(F)(F)F. The van der Waals surface area contributed by atoms with Crippen LogP contribution >= 0.6 is 11.8 Å². The zero-order valence-corrected chi connectivity index (χ0v) is 12.0. The molecule has 1 saturated carbocycles. The topological polar surface area (TPSA) is 29.1 Å². The Labute approximate surface area is 120 Å². The van der Waals surface area contributed by atoms with Crippen molar-refractivity contribution in [3.8, 4) is 0 Å². The van der Waals surface area contributed by atoms with E-state index in [9.17, 15) is 18.0 Å². The van der Waals surface area contributed by atoms with Gasteiger partial charge in [-0.25, -0.2) is 0 Å². The number of amides is 1. The lowest BCUT2D eigenvalue weighted by Crippen LogP contribution is -2.33.